The molecule has 0 saturated carbocycles. The van der Waals surface area contributed by atoms with Crippen molar-refractivity contribution < 1.29 is 8.78 Å². The Labute approximate surface area is 128 Å². The quantitative estimate of drug-likeness (QED) is 0.742. The van der Waals surface area contributed by atoms with Crippen LogP contribution in [0.5, 0.6) is 0 Å². The SMILES string of the molecule is CCc1ccc(C(CC)Nc2c(F)cc(F)cc2Cl)cc1. The lowest BCUT2D eigenvalue weighted by Crippen LogP contribution is -2.11. The fourth-order valence-corrected chi connectivity index (χ4v) is 2.51. The summed E-state index contributed by atoms with van der Waals surface area (Å²) in [5.74, 6) is -1.35. The van der Waals surface area contributed by atoms with E-state index >= 15 is 0 Å². The first-order valence-electron chi connectivity index (χ1n) is 7.05. The number of hydrogen-bond acceptors (Lipinski definition) is 1. The molecule has 1 unspecified atom stereocenters. The minimum Gasteiger partial charge on any atom is -0.375 e. The second-order valence-electron chi connectivity index (χ2n) is 4.94. The number of halogens is 3. The lowest BCUT2D eigenvalue weighted by molar-refractivity contribution is 0.582. The van der Waals surface area contributed by atoms with Crippen LogP contribution in [0, 0.1) is 11.6 Å². The Bertz CT molecular complexity index is 588. The van der Waals surface area contributed by atoms with E-state index in [1.54, 1.807) is 0 Å². The summed E-state index contributed by atoms with van der Waals surface area (Å²) in [7, 11) is 0. The number of benzene rings is 2. The highest BCUT2D eigenvalue weighted by molar-refractivity contribution is 6.33. The van der Waals surface area contributed by atoms with Crippen molar-refractivity contribution in [1.82, 2.24) is 0 Å². The molecule has 4 heteroatoms. The van der Waals surface area contributed by atoms with Gasteiger partial charge in [-0.15, -0.1) is 0 Å². The van der Waals surface area contributed by atoms with Gasteiger partial charge in [-0.25, -0.2) is 8.78 Å². The zero-order chi connectivity index (χ0) is 15.4. The summed E-state index contributed by atoms with van der Waals surface area (Å²) >= 11 is 5.93. The largest absolute Gasteiger partial charge is 0.375 e. The van der Waals surface area contributed by atoms with Gasteiger partial charge in [-0.1, -0.05) is 49.7 Å². The molecule has 2 aromatic rings. The predicted octanol–water partition coefficient (Wildman–Crippen LogP) is 5.74. The highest BCUT2D eigenvalue weighted by atomic mass is 35.5. The van der Waals surface area contributed by atoms with Crippen molar-refractivity contribution in [3.05, 3.63) is 64.2 Å². The van der Waals surface area contributed by atoms with Gasteiger partial charge in [0, 0.05) is 6.07 Å². The molecule has 0 heterocycles. The Balaban J connectivity index is 2.26. The average molecular weight is 310 g/mol. The summed E-state index contributed by atoms with van der Waals surface area (Å²) in [6, 6.07) is 10.0. The van der Waals surface area contributed by atoms with Gasteiger partial charge >= 0.3 is 0 Å². The average Bonchev–Trinajstić information content (AvgIpc) is 2.47. The number of hydrogen-bond donors (Lipinski definition) is 1. The first kappa shape index (κ1) is 15.8. The summed E-state index contributed by atoms with van der Waals surface area (Å²) < 4.78 is 26.9. The van der Waals surface area contributed by atoms with Crippen LogP contribution in [-0.2, 0) is 6.42 Å². The Morgan fingerprint density at radius 2 is 1.76 bits per heavy atom. The normalized spacial score (nSPS) is 12.2. The van der Waals surface area contributed by atoms with Crippen molar-refractivity contribution in [2.45, 2.75) is 32.7 Å². The van der Waals surface area contributed by atoms with E-state index in [-0.39, 0.29) is 16.8 Å². The maximum atomic E-state index is 13.9. The van der Waals surface area contributed by atoms with Crippen LogP contribution >= 0.6 is 11.6 Å². The third-order valence-electron chi connectivity index (χ3n) is 3.52. The molecule has 0 aliphatic rings. The highest BCUT2D eigenvalue weighted by Gasteiger charge is 2.15. The Morgan fingerprint density at radius 3 is 2.29 bits per heavy atom. The molecule has 0 radical (unpaired) electrons. The van der Waals surface area contributed by atoms with Crippen molar-refractivity contribution in [1.29, 1.82) is 0 Å². The molecule has 21 heavy (non-hydrogen) atoms. The van der Waals surface area contributed by atoms with Gasteiger partial charge in [0.1, 0.15) is 5.82 Å². The summed E-state index contributed by atoms with van der Waals surface area (Å²) in [6.07, 6.45) is 1.74. The molecule has 2 rings (SSSR count). The fraction of sp³-hybridized carbons (Fsp3) is 0.294. The topological polar surface area (TPSA) is 12.0 Å². The van der Waals surface area contributed by atoms with Gasteiger partial charge in [0.05, 0.1) is 16.8 Å². The molecule has 2 aromatic carbocycles. The van der Waals surface area contributed by atoms with Gasteiger partial charge in [-0.3, -0.25) is 0 Å². The minimum atomic E-state index is -0.677. The molecule has 0 aliphatic heterocycles. The number of anilines is 1. The van der Waals surface area contributed by atoms with Crippen LogP contribution in [-0.4, -0.2) is 0 Å². The van der Waals surface area contributed by atoms with Gasteiger partial charge in [0.25, 0.3) is 0 Å². The maximum Gasteiger partial charge on any atom is 0.150 e. The van der Waals surface area contributed by atoms with Crippen LogP contribution in [0.2, 0.25) is 5.02 Å². The van der Waals surface area contributed by atoms with Crippen LogP contribution in [0.15, 0.2) is 36.4 Å². The molecule has 1 nitrogen and oxygen atoms in total. The predicted molar refractivity (Wildman–Crippen MR) is 83.8 cm³/mol. The molecular formula is C17H18ClF2N. The van der Waals surface area contributed by atoms with E-state index in [0.29, 0.717) is 0 Å². The van der Waals surface area contributed by atoms with Crippen molar-refractivity contribution in [2.75, 3.05) is 5.32 Å². The summed E-state index contributed by atoms with van der Waals surface area (Å²) in [5, 5.41) is 3.12. The van der Waals surface area contributed by atoms with E-state index in [0.717, 1.165) is 30.5 Å². The van der Waals surface area contributed by atoms with Crippen LogP contribution in [0.4, 0.5) is 14.5 Å². The third kappa shape index (κ3) is 3.73. The van der Waals surface area contributed by atoms with E-state index in [2.05, 4.69) is 24.4 Å². The van der Waals surface area contributed by atoms with Gasteiger partial charge in [-0.05, 0) is 30.0 Å². The lowest BCUT2D eigenvalue weighted by atomic mass is 10.0. The molecule has 1 atom stereocenters. The number of nitrogens with one attached hydrogen (secondary N) is 1. The molecule has 0 spiro atoms. The number of aryl methyl sites for hydroxylation is 1. The third-order valence-corrected chi connectivity index (χ3v) is 3.82. The van der Waals surface area contributed by atoms with Crippen molar-refractivity contribution >= 4 is 17.3 Å². The van der Waals surface area contributed by atoms with Gasteiger partial charge in [0.2, 0.25) is 0 Å². The Kier molecular flexibility index (Phi) is 5.18. The zero-order valence-corrected chi connectivity index (χ0v) is 12.8. The monoisotopic (exact) mass is 309 g/mol. The molecule has 0 fully saturated rings. The van der Waals surface area contributed by atoms with E-state index in [1.165, 1.54) is 5.56 Å². The van der Waals surface area contributed by atoms with Crippen LogP contribution < -0.4 is 5.32 Å². The van der Waals surface area contributed by atoms with Crippen molar-refractivity contribution in [3.8, 4) is 0 Å². The van der Waals surface area contributed by atoms with E-state index < -0.39 is 11.6 Å². The van der Waals surface area contributed by atoms with Crippen LogP contribution in [0.25, 0.3) is 0 Å². The zero-order valence-electron chi connectivity index (χ0n) is 12.1. The first-order chi connectivity index (χ1) is 10.0. The first-order valence-corrected chi connectivity index (χ1v) is 7.42. The molecule has 112 valence electrons. The Morgan fingerprint density at radius 1 is 1.10 bits per heavy atom. The second kappa shape index (κ2) is 6.90. The molecule has 0 bridgehead atoms. The van der Waals surface area contributed by atoms with Gasteiger partial charge in [-0.2, -0.15) is 0 Å². The van der Waals surface area contributed by atoms with Crippen LogP contribution in [0.3, 0.4) is 0 Å². The molecular weight excluding hydrogens is 292 g/mol. The molecule has 0 aromatic heterocycles. The van der Waals surface area contributed by atoms with E-state index in [9.17, 15) is 8.78 Å². The van der Waals surface area contributed by atoms with E-state index in [4.69, 9.17) is 11.6 Å². The molecule has 0 saturated heterocycles. The summed E-state index contributed by atoms with van der Waals surface area (Å²) in [6.45, 7) is 4.10. The van der Waals surface area contributed by atoms with Crippen LogP contribution in [0.1, 0.15) is 37.4 Å². The maximum absolute atomic E-state index is 13.9. The summed E-state index contributed by atoms with van der Waals surface area (Å²) in [5.41, 5.74) is 2.44. The molecule has 0 aliphatic carbocycles. The van der Waals surface area contributed by atoms with Crippen molar-refractivity contribution in [3.63, 3.8) is 0 Å². The second-order valence-corrected chi connectivity index (χ2v) is 5.35. The fourth-order valence-electron chi connectivity index (χ4n) is 2.26. The highest BCUT2D eigenvalue weighted by Crippen LogP contribution is 2.31. The summed E-state index contributed by atoms with van der Waals surface area (Å²) in [4.78, 5) is 0. The Hall–Kier alpha value is -1.61. The smallest absolute Gasteiger partial charge is 0.150 e. The van der Waals surface area contributed by atoms with Crippen molar-refractivity contribution in [2.24, 2.45) is 0 Å². The minimum absolute atomic E-state index is 0.0520. The number of rotatable bonds is 5. The van der Waals surface area contributed by atoms with Gasteiger partial charge in [0.15, 0.2) is 5.82 Å². The van der Waals surface area contributed by atoms with Gasteiger partial charge < -0.3 is 5.32 Å². The lowest BCUT2D eigenvalue weighted by Gasteiger charge is -2.20. The van der Waals surface area contributed by atoms with E-state index in [1.807, 2.05) is 19.1 Å². The molecule has 0 amide bonds. The molecule has 1 N–H and O–H groups in total. The standard InChI is InChI=1S/C17H18ClF2N/c1-3-11-5-7-12(8-6-11)16(4-2)21-17-14(18)9-13(19)10-15(17)20/h5-10,16,21H,3-4H2,1-2H3.